The SMILES string of the molecule is CCC(N)Cc1cccc(OCC2=CCNC(N(C)C)=C2)c1. The van der Waals surface area contributed by atoms with Crippen LogP contribution in [0.1, 0.15) is 18.9 Å². The van der Waals surface area contributed by atoms with Crippen LogP contribution in [0.3, 0.4) is 0 Å². The van der Waals surface area contributed by atoms with Gasteiger partial charge in [-0.1, -0.05) is 25.1 Å². The monoisotopic (exact) mass is 301 g/mol. The molecule has 0 saturated heterocycles. The summed E-state index contributed by atoms with van der Waals surface area (Å²) in [7, 11) is 4.06. The van der Waals surface area contributed by atoms with E-state index in [-0.39, 0.29) is 6.04 Å². The fourth-order valence-electron chi connectivity index (χ4n) is 2.34. The van der Waals surface area contributed by atoms with Gasteiger partial charge in [0, 0.05) is 26.7 Å². The summed E-state index contributed by atoms with van der Waals surface area (Å²) in [5, 5.41) is 3.33. The van der Waals surface area contributed by atoms with Gasteiger partial charge in [-0.25, -0.2) is 0 Å². The van der Waals surface area contributed by atoms with Crippen LogP contribution in [-0.2, 0) is 6.42 Å². The number of benzene rings is 1. The van der Waals surface area contributed by atoms with E-state index in [1.165, 1.54) is 11.1 Å². The lowest BCUT2D eigenvalue weighted by Crippen LogP contribution is -2.28. The summed E-state index contributed by atoms with van der Waals surface area (Å²) in [4.78, 5) is 2.07. The molecule has 0 spiro atoms. The van der Waals surface area contributed by atoms with Crippen molar-refractivity contribution in [3.05, 3.63) is 53.4 Å². The molecule has 1 unspecified atom stereocenters. The van der Waals surface area contributed by atoms with Crippen molar-refractivity contribution in [3.8, 4) is 5.75 Å². The average molecular weight is 301 g/mol. The molecule has 1 heterocycles. The van der Waals surface area contributed by atoms with Crippen molar-refractivity contribution in [2.45, 2.75) is 25.8 Å². The minimum Gasteiger partial charge on any atom is -0.489 e. The Kier molecular flexibility index (Phi) is 5.90. The van der Waals surface area contributed by atoms with Crippen molar-refractivity contribution >= 4 is 0 Å². The Balaban J connectivity index is 1.94. The molecule has 0 bridgehead atoms. The summed E-state index contributed by atoms with van der Waals surface area (Å²) in [5.74, 6) is 2.02. The number of hydrogen-bond acceptors (Lipinski definition) is 4. The van der Waals surface area contributed by atoms with Crippen molar-refractivity contribution in [1.82, 2.24) is 10.2 Å². The smallest absolute Gasteiger partial charge is 0.120 e. The third-order valence-corrected chi connectivity index (χ3v) is 3.78. The molecule has 1 aliphatic rings. The van der Waals surface area contributed by atoms with Gasteiger partial charge in [-0.2, -0.15) is 0 Å². The Morgan fingerprint density at radius 2 is 2.18 bits per heavy atom. The van der Waals surface area contributed by atoms with E-state index in [0.717, 1.165) is 31.0 Å². The van der Waals surface area contributed by atoms with E-state index in [0.29, 0.717) is 6.61 Å². The fourth-order valence-corrected chi connectivity index (χ4v) is 2.34. The van der Waals surface area contributed by atoms with Gasteiger partial charge >= 0.3 is 0 Å². The van der Waals surface area contributed by atoms with Gasteiger partial charge < -0.3 is 20.7 Å². The molecule has 3 N–H and O–H groups in total. The fraction of sp³-hybridized carbons (Fsp3) is 0.444. The molecule has 0 aromatic heterocycles. The summed E-state index contributed by atoms with van der Waals surface area (Å²) in [6.07, 6.45) is 6.16. The van der Waals surface area contributed by atoms with Gasteiger partial charge in [0.15, 0.2) is 0 Å². The van der Waals surface area contributed by atoms with Crippen LogP contribution < -0.4 is 15.8 Å². The average Bonchev–Trinajstić information content (AvgIpc) is 2.53. The molecule has 1 atom stereocenters. The van der Waals surface area contributed by atoms with E-state index in [9.17, 15) is 0 Å². The van der Waals surface area contributed by atoms with Crippen molar-refractivity contribution in [2.24, 2.45) is 5.73 Å². The zero-order chi connectivity index (χ0) is 15.9. The zero-order valence-corrected chi connectivity index (χ0v) is 13.8. The highest BCUT2D eigenvalue weighted by Gasteiger charge is 2.07. The predicted octanol–water partition coefficient (Wildman–Crippen LogP) is 2.28. The Labute approximate surface area is 133 Å². The maximum Gasteiger partial charge on any atom is 0.120 e. The van der Waals surface area contributed by atoms with Gasteiger partial charge in [-0.3, -0.25) is 0 Å². The molecule has 0 fully saturated rings. The van der Waals surface area contributed by atoms with Crippen LogP contribution in [0.5, 0.6) is 5.75 Å². The second-order valence-electron chi connectivity index (χ2n) is 5.89. The number of ether oxygens (including phenoxy) is 1. The normalized spacial score (nSPS) is 15.5. The molecule has 4 heteroatoms. The number of nitrogens with one attached hydrogen (secondary N) is 1. The second-order valence-corrected chi connectivity index (χ2v) is 5.89. The first kappa shape index (κ1) is 16.4. The summed E-state index contributed by atoms with van der Waals surface area (Å²) in [6.45, 7) is 3.54. The van der Waals surface area contributed by atoms with Crippen LogP contribution in [0.15, 0.2) is 47.8 Å². The second kappa shape index (κ2) is 7.90. The maximum atomic E-state index is 6.02. The number of dihydropyridines is 1. The first-order chi connectivity index (χ1) is 10.6. The molecule has 120 valence electrons. The Hall–Kier alpha value is -1.94. The first-order valence-corrected chi connectivity index (χ1v) is 7.87. The van der Waals surface area contributed by atoms with Gasteiger partial charge in [0.25, 0.3) is 0 Å². The van der Waals surface area contributed by atoms with Crippen LogP contribution >= 0.6 is 0 Å². The lowest BCUT2D eigenvalue weighted by Gasteiger charge is -2.22. The van der Waals surface area contributed by atoms with E-state index < -0.39 is 0 Å². The van der Waals surface area contributed by atoms with E-state index >= 15 is 0 Å². The Morgan fingerprint density at radius 3 is 2.91 bits per heavy atom. The number of hydrogen-bond donors (Lipinski definition) is 2. The van der Waals surface area contributed by atoms with Gasteiger partial charge in [0.1, 0.15) is 18.2 Å². The zero-order valence-electron chi connectivity index (χ0n) is 13.8. The predicted molar refractivity (Wildman–Crippen MR) is 91.8 cm³/mol. The van der Waals surface area contributed by atoms with Crippen molar-refractivity contribution in [2.75, 3.05) is 27.2 Å². The number of rotatable bonds is 7. The quantitative estimate of drug-likeness (QED) is 0.811. The van der Waals surface area contributed by atoms with E-state index in [1.807, 2.05) is 26.2 Å². The summed E-state index contributed by atoms with van der Waals surface area (Å²) in [5.41, 5.74) is 8.45. The molecule has 1 aliphatic heterocycles. The minimum atomic E-state index is 0.216. The lowest BCUT2D eigenvalue weighted by molar-refractivity contribution is 0.352. The van der Waals surface area contributed by atoms with Crippen LogP contribution in [0.2, 0.25) is 0 Å². The molecular formula is C18H27N3O. The molecule has 1 aromatic carbocycles. The Bertz CT molecular complexity index is 549. The molecular weight excluding hydrogens is 274 g/mol. The molecule has 0 radical (unpaired) electrons. The molecule has 22 heavy (non-hydrogen) atoms. The number of nitrogens with two attached hydrogens (primary N) is 1. The van der Waals surface area contributed by atoms with E-state index in [2.05, 4.69) is 41.4 Å². The topological polar surface area (TPSA) is 50.5 Å². The Morgan fingerprint density at radius 1 is 1.36 bits per heavy atom. The van der Waals surface area contributed by atoms with Crippen molar-refractivity contribution in [1.29, 1.82) is 0 Å². The van der Waals surface area contributed by atoms with Crippen LogP contribution in [-0.4, -0.2) is 38.2 Å². The lowest BCUT2D eigenvalue weighted by atomic mass is 10.0. The highest BCUT2D eigenvalue weighted by Crippen LogP contribution is 2.17. The summed E-state index contributed by atoms with van der Waals surface area (Å²) in [6, 6.07) is 8.45. The van der Waals surface area contributed by atoms with E-state index in [4.69, 9.17) is 10.5 Å². The minimum absolute atomic E-state index is 0.216. The largest absolute Gasteiger partial charge is 0.489 e. The molecule has 0 saturated carbocycles. The standard InChI is InChI=1S/C18H27N3O/c1-4-16(19)10-14-6-5-7-17(11-14)22-13-15-8-9-20-18(12-15)21(2)3/h5-8,11-12,16,20H,4,9-10,13,19H2,1-3H3. The van der Waals surface area contributed by atoms with Crippen molar-refractivity contribution < 1.29 is 4.74 Å². The first-order valence-electron chi connectivity index (χ1n) is 7.87. The van der Waals surface area contributed by atoms with E-state index in [1.54, 1.807) is 0 Å². The maximum absolute atomic E-state index is 6.02. The van der Waals surface area contributed by atoms with Gasteiger partial charge in [0.2, 0.25) is 0 Å². The van der Waals surface area contributed by atoms with Gasteiger partial charge in [-0.05, 0) is 42.2 Å². The molecule has 0 amide bonds. The summed E-state index contributed by atoms with van der Waals surface area (Å²) >= 11 is 0. The molecule has 2 rings (SSSR count). The van der Waals surface area contributed by atoms with Crippen LogP contribution in [0.4, 0.5) is 0 Å². The highest BCUT2D eigenvalue weighted by atomic mass is 16.5. The van der Waals surface area contributed by atoms with Crippen molar-refractivity contribution in [3.63, 3.8) is 0 Å². The third-order valence-electron chi connectivity index (χ3n) is 3.78. The summed E-state index contributed by atoms with van der Waals surface area (Å²) < 4.78 is 5.93. The molecule has 1 aromatic rings. The third kappa shape index (κ3) is 4.81. The number of nitrogens with zero attached hydrogens (tertiary/aromatic N) is 1. The van der Waals surface area contributed by atoms with Gasteiger partial charge in [-0.15, -0.1) is 0 Å². The van der Waals surface area contributed by atoms with Gasteiger partial charge in [0.05, 0.1) is 0 Å². The van der Waals surface area contributed by atoms with Crippen LogP contribution in [0, 0.1) is 0 Å². The molecule has 4 nitrogen and oxygen atoms in total. The molecule has 0 aliphatic carbocycles. The van der Waals surface area contributed by atoms with Crippen LogP contribution in [0.25, 0.3) is 0 Å². The highest BCUT2D eigenvalue weighted by molar-refractivity contribution is 5.32.